The fourth-order valence-corrected chi connectivity index (χ4v) is 4.04. The second-order valence-corrected chi connectivity index (χ2v) is 7.31. The zero-order valence-corrected chi connectivity index (χ0v) is 15.5. The highest BCUT2D eigenvalue weighted by molar-refractivity contribution is 5.49. The van der Waals surface area contributed by atoms with Gasteiger partial charge in [0.05, 0.1) is 6.61 Å². The van der Waals surface area contributed by atoms with Crippen LogP contribution in [-0.2, 0) is 30.4 Å². The molecule has 1 aliphatic carbocycles. The van der Waals surface area contributed by atoms with Crippen molar-refractivity contribution in [1.82, 2.24) is 20.1 Å². The van der Waals surface area contributed by atoms with Gasteiger partial charge in [-0.15, -0.1) is 0 Å². The molecule has 26 heavy (non-hydrogen) atoms. The van der Waals surface area contributed by atoms with Crippen molar-refractivity contribution in [3.63, 3.8) is 0 Å². The molecule has 0 aromatic carbocycles. The summed E-state index contributed by atoms with van der Waals surface area (Å²) in [5.41, 5.74) is 2.65. The van der Waals surface area contributed by atoms with Gasteiger partial charge in [-0.2, -0.15) is 4.98 Å². The number of methoxy groups -OCH3 is 1. The molecule has 2 aromatic heterocycles. The van der Waals surface area contributed by atoms with E-state index in [1.165, 1.54) is 29.9 Å². The predicted octanol–water partition coefficient (Wildman–Crippen LogP) is 2.39. The fourth-order valence-electron chi connectivity index (χ4n) is 4.04. The van der Waals surface area contributed by atoms with Gasteiger partial charge < -0.3 is 14.2 Å². The maximum Gasteiger partial charge on any atom is 0.226 e. The Morgan fingerprint density at radius 3 is 2.88 bits per heavy atom. The van der Waals surface area contributed by atoms with Crippen LogP contribution in [0, 0.1) is 5.92 Å². The van der Waals surface area contributed by atoms with Crippen molar-refractivity contribution in [2.24, 2.45) is 5.92 Å². The molecule has 0 atom stereocenters. The van der Waals surface area contributed by atoms with Crippen LogP contribution in [0.5, 0.6) is 0 Å². The molecule has 1 fully saturated rings. The van der Waals surface area contributed by atoms with Gasteiger partial charge in [0.25, 0.3) is 0 Å². The fraction of sp³-hybridized carbons (Fsp3) is 0.684. The second kappa shape index (κ2) is 8.12. The van der Waals surface area contributed by atoms with Crippen molar-refractivity contribution < 1.29 is 9.26 Å². The van der Waals surface area contributed by atoms with E-state index in [1.807, 2.05) is 0 Å². The molecule has 140 valence electrons. The largest absolute Gasteiger partial charge is 0.384 e. The monoisotopic (exact) mass is 357 g/mol. The number of aromatic nitrogens is 4. The van der Waals surface area contributed by atoms with E-state index in [0.717, 1.165) is 56.9 Å². The molecule has 2 aromatic rings. The molecule has 0 saturated carbocycles. The number of ether oxygens (including phenoxy) is 1. The van der Waals surface area contributed by atoms with E-state index < -0.39 is 0 Å². The van der Waals surface area contributed by atoms with Crippen LogP contribution in [0.1, 0.15) is 48.7 Å². The molecular weight excluding hydrogens is 330 g/mol. The molecule has 4 rings (SSSR count). The van der Waals surface area contributed by atoms with Gasteiger partial charge in [-0.05, 0) is 44.4 Å². The van der Waals surface area contributed by atoms with E-state index in [4.69, 9.17) is 9.26 Å². The van der Waals surface area contributed by atoms with E-state index in [2.05, 4.69) is 25.0 Å². The summed E-state index contributed by atoms with van der Waals surface area (Å²) in [6.07, 6.45) is 10.3. The lowest BCUT2D eigenvalue weighted by Gasteiger charge is -2.34. The number of fused-ring (bicyclic) bond motifs is 1. The molecule has 3 heterocycles. The van der Waals surface area contributed by atoms with Gasteiger partial charge in [-0.1, -0.05) is 5.16 Å². The predicted molar refractivity (Wildman–Crippen MR) is 97.2 cm³/mol. The molecule has 2 aliphatic rings. The minimum Gasteiger partial charge on any atom is -0.384 e. The van der Waals surface area contributed by atoms with Crippen molar-refractivity contribution in [3.8, 4) is 0 Å². The summed E-state index contributed by atoms with van der Waals surface area (Å²) in [6, 6.07) is 0. The molecule has 7 nitrogen and oxygen atoms in total. The Bertz CT molecular complexity index is 724. The summed E-state index contributed by atoms with van der Waals surface area (Å²) in [6.45, 7) is 2.71. The Hall–Kier alpha value is -2.02. The van der Waals surface area contributed by atoms with E-state index in [-0.39, 0.29) is 0 Å². The summed E-state index contributed by atoms with van der Waals surface area (Å²) in [5, 5.41) is 4.04. The molecular formula is C19H27N5O2. The van der Waals surface area contributed by atoms with Crippen molar-refractivity contribution in [2.75, 3.05) is 31.7 Å². The Morgan fingerprint density at radius 2 is 2.04 bits per heavy atom. The topological polar surface area (TPSA) is 77.2 Å². The molecule has 1 saturated heterocycles. The smallest absolute Gasteiger partial charge is 0.226 e. The first-order valence-electron chi connectivity index (χ1n) is 9.71. The van der Waals surface area contributed by atoms with Crippen molar-refractivity contribution >= 4 is 5.82 Å². The van der Waals surface area contributed by atoms with Crippen LogP contribution in [0.2, 0.25) is 0 Å². The second-order valence-electron chi connectivity index (χ2n) is 7.31. The van der Waals surface area contributed by atoms with Gasteiger partial charge in [0.2, 0.25) is 5.89 Å². The van der Waals surface area contributed by atoms with E-state index in [1.54, 1.807) is 13.4 Å². The van der Waals surface area contributed by atoms with Crippen LogP contribution in [-0.4, -0.2) is 46.9 Å². The van der Waals surface area contributed by atoms with Gasteiger partial charge in [0.1, 0.15) is 12.1 Å². The lowest BCUT2D eigenvalue weighted by atomic mass is 9.92. The van der Waals surface area contributed by atoms with Crippen LogP contribution < -0.4 is 4.90 Å². The van der Waals surface area contributed by atoms with E-state index in [9.17, 15) is 0 Å². The molecule has 0 spiro atoms. The van der Waals surface area contributed by atoms with E-state index in [0.29, 0.717) is 18.9 Å². The minimum atomic E-state index is 0.597. The van der Waals surface area contributed by atoms with Gasteiger partial charge in [-0.3, -0.25) is 0 Å². The summed E-state index contributed by atoms with van der Waals surface area (Å²) in [4.78, 5) is 16.0. The summed E-state index contributed by atoms with van der Waals surface area (Å²) >= 11 is 0. The first kappa shape index (κ1) is 17.4. The third-order valence-electron chi connectivity index (χ3n) is 5.52. The van der Waals surface area contributed by atoms with E-state index >= 15 is 0 Å². The molecule has 0 unspecified atom stereocenters. The lowest BCUT2D eigenvalue weighted by Crippen LogP contribution is -2.36. The van der Waals surface area contributed by atoms with Crippen molar-refractivity contribution in [2.45, 2.75) is 51.4 Å². The minimum absolute atomic E-state index is 0.597. The first-order valence-corrected chi connectivity index (χ1v) is 9.71. The summed E-state index contributed by atoms with van der Waals surface area (Å²) in [5.74, 6) is 3.27. The number of anilines is 1. The molecule has 0 N–H and O–H groups in total. The van der Waals surface area contributed by atoms with Gasteiger partial charge >= 0.3 is 0 Å². The lowest BCUT2D eigenvalue weighted by molar-refractivity contribution is 0.199. The maximum absolute atomic E-state index is 5.40. The third kappa shape index (κ3) is 3.87. The highest BCUT2D eigenvalue weighted by Gasteiger charge is 2.25. The standard InChI is InChI=1S/C19H27N5O2/c1-25-11-8-17-22-18(26-23-17)12-14-6-9-24(10-7-14)19-15-4-2-3-5-16(15)20-13-21-19/h13-14H,2-12H2,1H3. The zero-order chi connectivity index (χ0) is 17.8. The summed E-state index contributed by atoms with van der Waals surface area (Å²) in [7, 11) is 1.68. The number of hydrogen-bond acceptors (Lipinski definition) is 7. The molecule has 1 aliphatic heterocycles. The number of piperidine rings is 1. The van der Waals surface area contributed by atoms with Crippen LogP contribution in [0.25, 0.3) is 0 Å². The van der Waals surface area contributed by atoms with Gasteiger partial charge in [-0.25, -0.2) is 9.97 Å². The highest BCUT2D eigenvalue weighted by Crippen LogP contribution is 2.30. The normalized spacial score (nSPS) is 18.1. The van der Waals surface area contributed by atoms with Gasteiger partial charge in [0.15, 0.2) is 5.82 Å². The molecule has 7 heteroatoms. The third-order valence-corrected chi connectivity index (χ3v) is 5.52. The number of aryl methyl sites for hydroxylation is 1. The first-order chi connectivity index (χ1) is 12.8. The molecule has 0 radical (unpaired) electrons. The van der Waals surface area contributed by atoms with Crippen LogP contribution in [0.4, 0.5) is 5.82 Å². The number of rotatable bonds is 6. The Morgan fingerprint density at radius 1 is 1.19 bits per heavy atom. The van der Waals surface area contributed by atoms with Gasteiger partial charge in [0, 0.05) is 44.3 Å². The van der Waals surface area contributed by atoms with Crippen molar-refractivity contribution in [1.29, 1.82) is 0 Å². The van der Waals surface area contributed by atoms with Crippen LogP contribution >= 0.6 is 0 Å². The zero-order valence-electron chi connectivity index (χ0n) is 15.5. The molecule has 0 amide bonds. The quantitative estimate of drug-likeness (QED) is 0.785. The van der Waals surface area contributed by atoms with Crippen LogP contribution in [0.15, 0.2) is 10.9 Å². The SMILES string of the molecule is COCCc1noc(CC2CCN(c3ncnc4c3CCCC4)CC2)n1. The highest BCUT2D eigenvalue weighted by atomic mass is 16.5. The Kier molecular flexibility index (Phi) is 5.43. The van der Waals surface area contributed by atoms with Crippen molar-refractivity contribution in [3.05, 3.63) is 29.3 Å². The summed E-state index contributed by atoms with van der Waals surface area (Å²) < 4.78 is 10.5. The number of hydrogen-bond donors (Lipinski definition) is 0. The maximum atomic E-state index is 5.40. The Balaban J connectivity index is 1.34. The average molecular weight is 357 g/mol. The average Bonchev–Trinajstić information content (AvgIpc) is 3.14. The van der Waals surface area contributed by atoms with Crippen LogP contribution in [0.3, 0.4) is 0 Å². The molecule has 0 bridgehead atoms. The Labute approximate surface area is 154 Å². The number of nitrogens with zero attached hydrogens (tertiary/aromatic N) is 5.